The maximum atomic E-state index is 12.6. The normalized spacial score (nSPS) is 15.6. The summed E-state index contributed by atoms with van der Waals surface area (Å²) >= 11 is 5.86. The standard InChI is InChI=1S/C23H25ClN4O2S/c24-20-8-6-19(7-9-20)17-31(29,30)23-11-10-22(26-27-23)25-21-12-14-28(15-13-21)16-18-4-2-1-3-5-18/h1-11,21H,12-17H2,(H,25,26). The van der Waals surface area contributed by atoms with Crippen molar-refractivity contribution in [3.8, 4) is 0 Å². The van der Waals surface area contributed by atoms with E-state index in [4.69, 9.17) is 11.6 Å². The fourth-order valence-electron chi connectivity index (χ4n) is 3.72. The number of aromatic nitrogens is 2. The monoisotopic (exact) mass is 456 g/mol. The van der Waals surface area contributed by atoms with Crippen molar-refractivity contribution in [2.75, 3.05) is 18.4 Å². The second-order valence-electron chi connectivity index (χ2n) is 7.82. The van der Waals surface area contributed by atoms with Crippen molar-refractivity contribution in [1.29, 1.82) is 0 Å². The van der Waals surface area contributed by atoms with E-state index < -0.39 is 9.84 Å². The molecule has 0 aliphatic carbocycles. The topological polar surface area (TPSA) is 75.2 Å². The number of anilines is 1. The summed E-state index contributed by atoms with van der Waals surface area (Å²) in [6, 6.07) is 20.8. The van der Waals surface area contributed by atoms with Gasteiger partial charge in [-0.15, -0.1) is 10.2 Å². The zero-order chi connectivity index (χ0) is 21.7. The fourth-order valence-corrected chi connectivity index (χ4v) is 5.07. The van der Waals surface area contributed by atoms with Crippen molar-refractivity contribution in [2.24, 2.45) is 0 Å². The molecular formula is C23H25ClN4O2S. The molecule has 0 amide bonds. The van der Waals surface area contributed by atoms with Gasteiger partial charge >= 0.3 is 0 Å². The molecule has 0 saturated carbocycles. The highest BCUT2D eigenvalue weighted by Gasteiger charge is 2.21. The van der Waals surface area contributed by atoms with Gasteiger partial charge in [0.1, 0.15) is 5.82 Å². The predicted octanol–water partition coefficient (Wildman–Crippen LogP) is 4.18. The maximum absolute atomic E-state index is 12.6. The molecule has 0 bridgehead atoms. The van der Waals surface area contributed by atoms with Gasteiger partial charge in [-0.25, -0.2) is 8.42 Å². The molecule has 0 atom stereocenters. The van der Waals surface area contributed by atoms with Gasteiger partial charge in [0, 0.05) is 30.7 Å². The number of nitrogens with one attached hydrogen (secondary N) is 1. The maximum Gasteiger partial charge on any atom is 0.201 e. The van der Waals surface area contributed by atoms with E-state index in [0.717, 1.165) is 32.5 Å². The van der Waals surface area contributed by atoms with Crippen molar-refractivity contribution < 1.29 is 8.42 Å². The Morgan fingerprint density at radius 2 is 1.61 bits per heavy atom. The summed E-state index contributed by atoms with van der Waals surface area (Å²) in [6.07, 6.45) is 2.01. The van der Waals surface area contributed by atoms with E-state index in [1.165, 1.54) is 11.6 Å². The number of likely N-dealkylation sites (tertiary alicyclic amines) is 1. The highest BCUT2D eigenvalue weighted by Crippen LogP contribution is 2.19. The smallest absolute Gasteiger partial charge is 0.201 e. The molecule has 31 heavy (non-hydrogen) atoms. The minimum absolute atomic E-state index is 0.0225. The highest BCUT2D eigenvalue weighted by atomic mass is 35.5. The number of nitrogens with zero attached hydrogens (tertiary/aromatic N) is 3. The molecule has 1 N–H and O–H groups in total. The molecule has 1 saturated heterocycles. The molecule has 1 aromatic heterocycles. The Balaban J connectivity index is 1.30. The van der Waals surface area contributed by atoms with Crippen molar-refractivity contribution in [2.45, 2.75) is 36.2 Å². The Kier molecular flexibility index (Phi) is 6.85. The van der Waals surface area contributed by atoms with Gasteiger partial charge in [-0.05, 0) is 48.2 Å². The number of hydrogen-bond donors (Lipinski definition) is 1. The molecule has 1 aliphatic rings. The van der Waals surface area contributed by atoms with E-state index in [1.807, 2.05) is 6.07 Å². The third-order valence-electron chi connectivity index (χ3n) is 5.42. The van der Waals surface area contributed by atoms with E-state index in [9.17, 15) is 8.42 Å². The summed E-state index contributed by atoms with van der Waals surface area (Å²) in [5, 5.41) is 12.0. The number of rotatable bonds is 7. The Hall–Kier alpha value is -2.48. The number of sulfone groups is 1. The zero-order valence-corrected chi connectivity index (χ0v) is 18.7. The van der Waals surface area contributed by atoms with Gasteiger partial charge in [-0.2, -0.15) is 0 Å². The van der Waals surface area contributed by atoms with Crippen LogP contribution in [0.15, 0.2) is 71.8 Å². The average Bonchev–Trinajstić information content (AvgIpc) is 2.78. The first kappa shape index (κ1) is 21.7. The minimum atomic E-state index is -3.56. The quantitative estimate of drug-likeness (QED) is 0.574. The summed E-state index contributed by atoms with van der Waals surface area (Å²) in [7, 11) is -3.56. The SMILES string of the molecule is O=S(=O)(Cc1ccc(Cl)cc1)c1ccc(NC2CCN(Cc3ccccc3)CC2)nn1. The van der Waals surface area contributed by atoms with Gasteiger partial charge in [0.05, 0.1) is 5.75 Å². The van der Waals surface area contributed by atoms with E-state index in [1.54, 1.807) is 30.3 Å². The third kappa shape index (κ3) is 6.03. The van der Waals surface area contributed by atoms with Crippen LogP contribution < -0.4 is 5.32 Å². The lowest BCUT2D eigenvalue weighted by Gasteiger charge is -2.32. The van der Waals surface area contributed by atoms with Crippen molar-refractivity contribution in [1.82, 2.24) is 15.1 Å². The van der Waals surface area contributed by atoms with Crippen LogP contribution >= 0.6 is 11.6 Å². The van der Waals surface area contributed by atoms with Crippen LogP contribution in [0.25, 0.3) is 0 Å². The van der Waals surface area contributed by atoms with E-state index in [-0.39, 0.29) is 10.8 Å². The van der Waals surface area contributed by atoms with Crippen molar-refractivity contribution in [3.63, 3.8) is 0 Å². The molecule has 6 nitrogen and oxygen atoms in total. The Bertz CT molecular complexity index is 1080. The molecule has 1 fully saturated rings. The predicted molar refractivity (Wildman–Crippen MR) is 123 cm³/mol. The number of halogens is 1. The van der Waals surface area contributed by atoms with Crippen LogP contribution in [-0.2, 0) is 22.1 Å². The molecule has 0 spiro atoms. The van der Waals surface area contributed by atoms with Crippen molar-refractivity contribution >= 4 is 27.3 Å². The Morgan fingerprint density at radius 1 is 0.903 bits per heavy atom. The van der Waals surface area contributed by atoms with Gasteiger partial charge in [-0.1, -0.05) is 54.1 Å². The third-order valence-corrected chi connectivity index (χ3v) is 7.24. The number of benzene rings is 2. The van der Waals surface area contributed by atoms with Crippen LogP contribution in [0.5, 0.6) is 0 Å². The van der Waals surface area contributed by atoms with E-state index in [0.29, 0.717) is 22.4 Å². The highest BCUT2D eigenvalue weighted by molar-refractivity contribution is 7.90. The van der Waals surface area contributed by atoms with Gasteiger partial charge in [0.2, 0.25) is 9.84 Å². The molecule has 1 aliphatic heterocycles. The largest absolute Gasteiger partial charge is 0.366 e. The molecular weight excluding hydrogens is 432 g/mol. The molecule has 8 heteroatoms. The average molecular weight is 457 g/mol. The van der Waals surface area contributed by atoms with Crippen LogP contribution in [0.4, 0.5) is 5.82 Å². The molecule has 0 unspecified atom stereocenters. The molecule has 162 valence electrons. The first-order valence-corrected chi connectivity index (χ1v) is 12.3. The van der Waals surface area contributed by atoms with Crippen molar-refractivity contribution in [3.05, 3.63) is 82.9 Å². The van der Waals surface area contributed by atoms with Crippen LogP contribution in [-0.4, -0.2) is 42.6 Å². The van der Waals surface area contributed by atoms with Gasteiger partial charge in [0.25, 0.3) is 0 Å². The summed E-state index contributed by atoms with van der Waals surface area (Å²) < 4.78 is 25.2. The van der Waals surface area contributed by atoms with Gasteiger partial charge in [0.15, 0.2) is 5.03 Å². The second kappa shape index (κ2) is 9.77. The molecule has 3 aromatic rings. The van der Waals surface area contributed by atoms with Crippen LogP contribution in [0.2, 0.25) is 5.02 Å². The minimum Gasteiger partial charge on any atom is -0.366 e. The molecule has 2 heterocycles. The van der Waals surface area contributed by atoms with Crippen LogP contribution in [0.3, 0.4) is 0 Å². The lowest BCUT2D eigenvalue weighted by molar-refractivity contribution is 0.211. The molecule has 0 radical (unpaired) electrons. The Morgan fingerprint density at radius 3 is 2.26 bits per heavy atom. The second-order valence-corrected chi connectivity index (χ2v) is 10.2. The first-order chi connectivity index (χ1) is 15.0. The summed E-state index contributed by atoms with van der Waals surface area (Å²) in [4.78, 5) is 2.45. The number of piperidine rings is 1. The van der Waals surface area contributed by atoms with E-state index in [2.05, 4.69) is 44.7 Å². The van der Waals surface area contributed by atoms with Gasteiger partial charge < -0.3 is 5.32 Å². The molecule has 4 rings (SSSR count). The fraction of sp³-hybridized carbons (Fsp3) is 0.304. The number of hydrogen-bond acceptors (Lipinski definition) is 6. The Labute approximate surface area is 188 Å². The summed E-state index contributed by atoms with van der Waals surface area (Å²) in [5.74, 6) is 0.470. The lowest BCUT2D eigenvalue weighted by Crippen LogP contribution is -2.38. The lowest BCUT2D eigenvalue weighted by atomic mass is 10.0. The van der Waals surface area contributed by atoms with Gasteiger partial charge in [-0.3, -0.25) is 4.90 Å². The molecule has 2 aromatic carbocycles. The van der Waals surface area contributed by atoms with E-state index >= 15 is 0 Å². The van der Waals surface area contributed by atoms with Crippen LogP contribution in [0, 0.1) is 0 Å². The summed E-state index contributed by atoms with van der Waals surface area (Å²) in [5.41, 5.74) is 1.99. The first-order valence-electron chi connectivity index (χ1n) is 10.3. The van der Waals surface area contributed by atoms with Crippen LogP contribution in [0.1, 0.15) is 24.0 Å². The zero-order valence-electron chi connectivity index (χ0n) is 17.1. The summed E-state index contributed by atoms with van der Waals surface area (Å²) in [6.45, 7) is 2.98.